The summed E-state index contributed by atoms with van der Waals surface area (Å²) in [4.78, 5) is 29.3. The molecule has 3 heterocycles. The second-order valence-corrected chi connectivity index (χ2v) is 8.32. The van der Waals surface area contributed by atoms with Crippen molar-refractivity contribution in [1.82, 2.24) is 20.3 Å². The fourth-order valence-corrected chi connectivity index (χ4v) is 4.41. The zero-order valence-corrected chi connectivity index (χ0v) is 16.2. The fourth-order valence-electron chi connectivity index (χ4n) is 4.41. The van der Waals surface area contributed by atoms with Crippen LogP contribution in [0.1, 0.15) is 50.0 Å². The van der Waals surface area contributed by atoms with Crippen LogP contribution < -0.4 is 5.32 Å². The molecule has 0 unspecified atom stereocenters. The number of aryl methyl sites for hydroxylation is 1. The van der Waals surface area contributed by atoms with Crippen LogP contribution in [0.15, 0.2) is 10.6 Å². The van der Waals surface area contributed by atoms with Gasteiger partial charge in [0.05, 0.1) is 18.2 Å². The highest BCUT2D eigenvalue weighted by molar-refractivity contribution is 5.81. The summed E-state index contributed by atoms with van der Waals surface area (Å²) in [6, 6.07) is 2.35. The molecular weight excluding hydrogens is 344 g/mol. The summed E-state index contributed by atoms with van der Waals surface area (Å²) in [5.41, 5.74) is 0.828. The zero-order chi connectivity index (χ0) is 18.8. The maximum atomic E-state index is 12.6. The van der Waals surface area contributed by atoms with Gasteiger partial charge >= 0.3 is 0 Å². The third-order valence-corrected chi connectivity index (χ3v) is 6.16. The van der Waals surface area contributed by atoms with Crippen LogP contribution in [0.5, 0.6) is 0 Å². The van der Waals surface area contributed by atoms with Gasteiger partial charge in [-0.3, -0.25) is 14.5 Å². The van der Waals surface area contributed by atoms with Crippen molar-refractivity contribution >= 4 is 11.8 Å². The van der Waals surface area contributed by atoms with E-state index >= 15 is 0 Å². The predicted molar refractivity (Wildman–Crippen MR) is 99.7 cm³/mol. The van der Waals surface area contributed by atoms with Crippen molar-refractivity contribution in [3.05, 3.63) is 17.5 Å². The van der Waals surface area contributed by atoms with E-state index in [2.05, 4.69) is 20.3 Å². The zero-order valence-electron chi connectivity index (χ0n) is 16.2. The first-order chi connectivity index (χ1) is 13.1. The molecule has 0 bridgehead atoms. The van der Waals surface area contributed by atoms with Crippen LogP contribution in [0.25, 0.3) is 0 Å². The summed E-state index contributed by atoms with van der Waals surface area (Å²) in [6.45, 7) is 5.90. The average Bonchev–Trinajstić information content (AvgIpc) is 3.47. The molecule has 2 saturated heterocycles. The quantitative estimate of drug-likeness (QED) is 0.849. The summed E-state index contributed by atoms with van der Waals surface area (Å²) >= 11 is 0. The smallest absolute Gasteiger partial charge is 0.225 e. The van der Waals surface area contributed by atoms with Gasteiger partial charge in [0, 0.05) is 37.7 Å². The van der Waals surface area contributed by atoms with E-state index in [0.717, 1.165) is 70.4 Å². The number of carbonyl (C=O) groups excluding carboxylic acids is 2. The second-order valence-electron chi connectivity index (χ2n) is 8.32. The normalized spacial score (nSPS) is 24.8. The number of likely N-dealkylation sites (tertiary alicyclic amines) is 2. The van der Waals surface area contributed by atoms with Crippen molar-refractivity contribution in [3.63, 3.8) is 0 Å². The highest BCUT2D eigenvalue weighted by atomic mass is 16.5. The highest BCUT2D eigenvalue weighted by Crippen LogP contribution is 2.32. The molecule has 1 aromatic rings. The number of hydrogen-bond donors (Lipinski definition) is 1. The summed E-state index contributed by atoms with van der Waals surface area (Å²) in [7, 11) is 0. The first-order valence-corrected chi connectivity index (χ1v) is 10.3. The van der Waals surface area contributed by atoms with Crippen LogP contribution >= 0.6 is 0 Å². The fraction of sp³-hybridized carbons (Fsp3) is 0.750. The van der Waals surface area contributed by atoms with Gasteiger partial charge in [-0.2, -0.15) is 0 Å². The average molecular weight is 374 g/mol. The molecule has 1 aromatic heterocycles. The first kappa shape index (κ1) is 18.5. The van der Waals surface area contributed by atoms with Crippen molar-refractivity contribution in [3.8, 4) is 0 Å². The Morgan fingerprint density at radius 3 is 2.59 bits per heavy atom. The Hall–Kier alpha value is -1.89. The van der Waals surface area contributed by atoms with Gasteiger partial charge < -0.3 is 14.7 Å². The van der Waals surface area contributed by atoms with Crippen molar-refractivity contribution in [1.29, 1.82) is 0 Å². The minimum atomic E-state index is 0.0360. The lowest BCUT2D eigenvalue weighted by Gasteiger charge is -2.42. The summed E-state index contributed by atoms with van der Waals surface area (Å²) in [5.74, 6) is 1.52. The van der Waals surface area contributed by atoms with Gasteiger partial charge in [-0.05, 0) is 52.0 Å². The molecule has 27 heavy (non-hydrogen) atoms. The maximum absolute atomic E-state index is 12.6. The first-order valence-electron chi connectivity index (χ1n) is 10.3. The third kappa shape index (κ3) is 4.51. The van der Waals surface area contributed by atoms with Gasteiger partial charge in [0.25, 0.3) is 0 Å². The topological polar surface area (TPSA) is 78.7 Å². The summed E-state index contributed by atoms with van der Waals surface area (Å²) in [5, 5.41) is 6.85. The van der Waals surface area contributed by atoms with Crippen molar-refractivity contribution in [2.75, 3.05) is 26.2 Å². The van der Waals surface area contributed by atoms with Gasteiger partial charge in [0.1, 0.15) is 0 Å². The van der Waals surface area contributed by atoms with E-state index in [0.29, 0.717) is 30.2 Å². The number of nitrogens with one attached hydrogen (secondary N) is 1. The Morgan fingerprint density at radius 2 is 1.93 bits per heavy atom. The monoisotopic (exact) mass is 374 g/mol. The van der Waals surface area contributed by atoms with E-state index in [1.165, 1.54) is 0 Å². The summed E-state index contributed by atoms with van der Waals surface area (Å²) < 4.78 is 5.16. The number of piperidine rings is 2. The van der Waals surface area contributed by atoms with Gasteiger partial charge in [-0.1, -0.05) is 5.16 Å². The second kappa shape index (κ2) is 8.00. The molecule has 0 radical (unpaired) electrons. The molecule has 0 spiro atoms. The Labute approximate surface area is 160 Å². The van der Waals surface area contributed by atoms with E-state index < -0.39 is 0 Å². The molecule has 148 valence electrons. The van der Waals surface area contributed by atoms with E-state index in [1.807, 2.05) is 13.0 Å². The van der Waals surface area contributed by atoms with E-state index in [-0.39, 0.29) is 11.8 Å². The van der Waals surface area contributed by atoms with Gasteiger partial charge in [-0.15, -0.1) is 0 Å². The Balaban J connectivity index is 1.24. The standard InChI is InChI=1S/C20H30N4O3/c1-14-11-18(27-22-14)12-21-19(25)16-3-2-8-24(13-16)17-6-9-23(10-7-17)20(26)15-4-5-15/h11,15-17H,2-10,12-13H2,1H3,(H,21,25)/t16-/m0/s1. The molecule has 1 aliphatic carbocycles. The van der Waals surface area contributed by atoms with Crippen LogP contribution in [0.3, 0.4) is 0 Å². The van der Waals surface area contributed by atoms with Crippen molar-refractivity contribution in [2.24, 2.45) is 11.8 Å². The number of rotatable bonds is 5. The summed E-state index contributed by atoms with van der Waals surface area (Å²) in [6.07, 6.45) is 6.22. The minimum absolute atomic E-state index is 0.0360. The minimum Gasteiger partial charge on any atom is -0.359 e. The van der Waals surface area contributed by atoms with Gasteiger partial charge in [0.15, 0.2) is 5.76 Å². The molecule has 7 heteroatoms. The Morgan fingerprint density at radius 1 is 1.15 bits per heavy atom. The number of nitrogens with zero attached hydrogens (tertiary/aromatic N) is 3. The Bertz CT molecular complexity index is 677. The molecular formula is C20H30N4O3. The SMILES string of the molecule is Cc1cc(CNC(=O)[C@H]2CCCN(C3CCN(C(=O)C4CC4)CC3)C2)on1. The molecule has 0 aromatic carbocycles. The molecule has 3 aliphatic rings. The molecule has 1 atom stereocenters. The van der Waals surface area contributed by atoms with Gasteiger partial charge in [-0.25, -0.2) is 0 Å². The van der Waals surface area contributed by atoms with Crippen molar-refractivity contribution in [2.45, 2.75) is 58.0 Å². The van der Waals surface area contributed by atoms with Crippen molar-refractivity contribution < 1.29 is 14.1 Å². The molecule has 7 nitrogen and oxygen atoms in total. The van der Waals surface area contributed by atoms with Gasteiger partial charge in [0.2, 0.25) is 11.8 Å². The number of hydrogen-bond acceptors (Lipinski definition) is 5. The predicted octanol–water partition coefficient (Wildman–Crippen LogP) is 1.71. The lowest BCUT2D eigenvalue weighted by atomic mass is 9.93. The molecule has 1 N–H and O–H groups in total. The van der Waals surface area contributed by atoms with Crippen LogP contribution in [0, 0.1) is 18.8 Å². The van der Waals surface area contributed by atoms with Crippen LogP contribution in [-0.4, -0.2) is 59.0 Å². The maximum Gasteiger partial charge on any atom is 0.225 e. The number of aromatic nitrogens is 1. The van der Waals surface area contributed by atoms with E-state index in [9.17, 15) is 9.59 Å². The molecule has 2 amide bonds. The lowest BCUT2D eigenvalue weighted by molar-refractivity contribution is -0.134. The highest BCUT2D eigenvalue weighted by Gasteiger charge is 2.37. The van der Waals surface area contributed by atoms with E-state index in [4.69, 9.17) is 4.52 Å². The molecule has 2 aliphatic heterocycles. The van der Waals surface area contributed by atoms with Crippen LogP contribution in [-0.2, 0) is 16.1 Å². The largest absolute Gasteiger partial charge is 0.359 e. The Kier molecular flexibility index (Phi) is 5.48. The van der Waals surface area contributed by atoms with Crippen LogP contribution in [0.4, 0.5) is 0 Å². The van der Waals surface area contributed by atoms with E-state index in [1.54, 1.807) is 0 Å². The molecule has 1 saturated carbocycles. The number of carbonyl (C=O) groups is 2. The number of amides is 2. The molecule has 3 fully saturated rings. The lowest BCUT2D eigenvalue weighted by Crippen LogP contribution is -2.51. The van der Waals surface area contributed by atoms with Crippen LogP contribution in [0.2, 0.25) is 0 Å². The third-order valence-electron chi connectivity index (χ3n) is 6.16. The molecule has 4 rings (SSSR count).